The van der Waals surface area contributed by atoms with E-state index in [4.69, 9.17) is 21.1 Å². The van der Waals surface area contributed by atoms with Gasteiger partial charge >= 0.3 is 5.79 Å². The smallest absolute Gasteiger partial charge is 0.307 e. The molecule has 5 rings (SSSR count). The highest BCUT2D eigenvalue weighted by Crippen LogP contribution is 2.50. The van der Waals surface area contributed by atoms with E-state index in [1.54, 1.807) is 28.6 Å². The Balaban J connectivity index is 1.58. The summed E-state index contributed by atoms with van der Waals surface area (Å²) in [5.41, 5.74) is 2.53. The Morgan fingerprint density at radius 2 is 1.56 bits per heavy atom. The largest absolute Gasteiger partial charge is 0.440 e. The summed E-state index contributed by atoms with van der Waals surface area (Å²) in [6.45, 7) is 3.10. The van der Waals surface area contributed by atoms with E-state index >= 15 is 0 Å². The molecule has 7 heteroatoms. The van der Waals surface area contributed by atoms with E-state index in [1.165, 1.54) is 0 Å². The van der Waals surface area contributed by atoms with Gasteiger partial charge in [-0.3, -0.25) is 0 Å². The van der Waals surface area contributed by atoms with Crippen LogP contribution in [0.5, 0.6) is 11.5 Å². The minimum absolute atomic E-state index is 0.209. The molecule has 32 heavy (non-hydrogen) atoms. The van der Waals surface area contributed by atoms with Crippen LogP contribution in [0.3, 0.4) is 0 Å². The standard InChI is InChI=1S/C25H24ClNO4S/c1-18-9-11-19(12-10-18)25(21-7-3-4-8-22(21)26)30-23-14-13-20(17-24(23)31-25)32(28,29)27-15-5-2-6-16-27/h3-4,7-14,17H,2,5-6,15-16H2,1H3. The summed E-state index contributed by atoms with van der Waals surface area (Å²) in [5, 5.41) is 0.502. The molecule has 1 atom stereocenters. The molecule has 5 nitrogen and oxygen atoms in total. The number of aryl methyl sites for hydroxylation is 1. The highest BCUT2D eigenvalue weighted by molar-refractivity contribution is 7.89. The van der Waals surface area contributed by atoms with Gasteiger partial charge < -0.3 is 9.47 Å². The fraction of sp³-hybridized carbons (Fsp3) is 0.280. The van der Waals surface area contributed by atoms with Crippen molar-refractivity contribution in [3.8, 4) is 11.5 Å². The minimum Gasteiger partial charge on any atom is -0.440 e. The number of piperidine rings is 1. The van der Waals surface area contributed by atoms with Crippen LogP contribution >= 0.6 is 11.6 Å². The number of rotatable bonds is 4. The lowest BCUT2D eigenvalue weighted by Gasteiger charge is -2.29. The van der Waals surface area contributed by atoms with Crippen LogP contribution in [0.4, 0.5) is 0 Å². The molecule has 2 heterocycles. The molecular formula is C25H24ClNO4S. The van der Waals surface area contributed by atoms with Crippen LogP contribution in [0.2, 0.25) is 5.02 Å². The highest BCUT2D eigenvalue weighted by Gasteiger charge is 2.47. The Hall–Kier alpha value is -2.54. The monoisotopic (exact) mass is 469 g/mol. The van der Waals surface area contributed by atoms with Crippen LogP contribution in [-0.4, -0.2) is 25.8 Å². The van der Waals surface area contributed by atoms with E-state index in [2.05, 4.69) is 0 Å². The Morgan fingerprint density at radius 1 is 0.875 bits per heavy atom. The second-order valence-corrected chi connectivity index (χ2v) is 10.6. The normalized spacial score (nSPS) is 20.9. The van der Waals surface area contributed by atoms with Gasteiger partial charge in [-0.05, 0) is 44.0 Å². The second-order valence-electron chi connectivity index (χ2n) is 8.24. The van der Waals surface area contributed by atoms with Crippen molar-refractivity contribution in [2.45, 2.75) is 36.9 Å². The first-order valence-corrected chi connectivity index (χ1v) is 12.6. The zero-order valence-corrected chi connectivity index (χ0v) is 19.3. The molecule has 0 N–H and O–H groups in total. The summed E-state index contributed by atoms with van der Waals surface area (Å²) < 4.78 is 40.7. The summed E-state index contributed by atoms with van der Waals surface area (Å²) in [5.74, 6) is -0.450. The molecule has 3 aromatic carbocycles. The molecular weight excluding hydrogens is 446 g/mol. The van der Waals surface area contributed by atoms with Crippen LogP contribution < -0.4 is 9.47 Å². The molecule has 1 saturated heterocycles. The molecule has 1 unspecified atom stereocenters. The van der Waals surface area contributed by atoms with Crippen molar-refractivity contribution >= 4 is 21.6 Å². The van der Waals surface area contributed by atoms with Crippen molar-refractivity contribution < 1.29 is 17.9 Å². The molecule has 0 aromatic heterocycles. The van der Waals surface area contributed by atoms with E-state index in [0.29, 0.717) is 35.2 Å². The first-order chi connectivity index (χ1) is 15.4. The van der Waals surface area contributed by atoms with E-state index in [1.807, 2.05) is 49.4 Å². The summed E-state index contributed by atoms with van der Waals surface area (Å²) >= 11 is 6.56. The number of benzene rings is 3. The molecule has 0 radical (unpaired) electrons. The van der Waals surface area contributed by atoms with Crippen molar-refractivity contribution in [2.75, 3.05) is 13.1 Å². The van der Waals surface area contributed by atoms with E-state index < -0.39 is 15.8 Å². The van der Waals surface area contributed by atoms with Crippen molar-refractivity contribution in [3.63, 3.8) is 0 Å². The molecule has 2 aliphatic heterocycles. The van der Waals surface area contributed by atoms with Gasteiger partial charge in [-0.25, -0.2) is 8.42 Å². The third-order valence-corrected chi connectivity index (χ3v) is 8.26. The first-order valence-electron chi connectivity index (χ1n) is 10.7. The average Bonchev–Trinajstić information content (AvgIpc) is 3.20. The van der Waals surface area contributed by atoms with Crippen molar-refractivity contribution in [2.24, 2.45) is 0 Å². The molecule has 2 aliphatic rings. The zero-order valence-electron chi connectivity index (χ0n) is 17.8. The molecule has 166 valence electrons. The fourth-order valence-corrected chi connectivity index (χ4v) is 6.08. The van der Waals surface area contributed by atoms with E-state index in [-0.39, 0.29) is 4.90 Å². The zero-order chi connectivity index (χ0) is 22.3. The maximum absolute atomic E-state index is 13.2. The van der Waals surface area contributed by atoms with Crippen LogP contribution in [0, 0.1) is 6.92 Å². The van der Waals surface area contributed by atoms with Gasteiger partial charge in [0.15, 0.2) is 11.5 Å². The maximum atomic E-state index is 13.2. The maximum Gasteiger partial charge on any atom is 0.307 e. The predicted octanol–water partition coefficient (Wildman–Crippen LogP) is 5.50. The lowest BCUT2D eigenvalue weighted by Crippen LogP contribution is -2.37. The summed E-state index contributed by atoms with van der Waals surface area (Å²) in [6.07, 6.45) is 2.82. The van der Waals surface area contributed by atoms with Gasteiger partial charge in [0.25, 0.3) is 0 Å². The van der Waals surface area contributed by atoms with Crippen molar-refractivity contribution in [1.29, 1.82) is 0 Å². The van der Waals surface area contributed by atoms with Crippen LogP contribution in [-0.2, 0) is 15.8 Å². The predicted molar refractivity (Wildman–Crippen MR) is 124 cm³/mol. The number of halogens is 1. The van der Waals surface area contributed by atoms with E-state index in [0.717, 1.165) is 30.4 Å². The van der Waals surface area contributed by atoms with Gasteiger partial charge in [-0.15, -0.1) is 0 Å². The number of hydrogen-bond acceptors (Lipinski definition) is 4. The second kappa shape index (κ2) is 8.10. The van der Waals surface area contributed by atoms with Gasteiger partial charge in [-0.1, -0.05) is 60.0 Å². The van der Waals surface area contributed by atoms with Gasteiger partial charge in [-0.2, -0.15) is 4.31 Å². The van der Waals surface area contributed by atoms with Gasteiger partial charge in [0.1, 0.15) is 0 Å². The van der Waals surface area contributed by atoms with Crippen molar-refractivity contribution in [3.05, 3.63) is 88.4 Å². The van der Waals surface area contributed by atoms with Crippen LogP contribution in [0.15, 0.2) is 71.6 Å². The topological polar surface area (TPSA) is 55.8 Å². The number of sulfonamides is 1. The molecule has 0 saturated carbocycles. The summed E-state index contributed by atoms with van der Waals surface area (Å²) in [4.78, 5) is 0.209. The summed E-state index contributed by atoms with van der Waals surface area (Å²) in [7, 11) is -3.59. The molecule has 0 amide bonds. The van der Waals surface area contributed by atoms with E-state index in [9.17, 15) is 8.42 Å². The Morgan fingerprint density at radius 3 is 2.28 bits per heavy atom. The lowest BCUT2D eigenvalue weighted by molar-refractivity contribution is -0.0458. The molecule has 0 aliphatic carbocycles. The lowest BCUT2D eigenvalue weighted by atomic mass is 9.96. The van der Waals surface area contributed by atoms with Crippen molar-refractivity contribution in [1.82, 2.24) is 4.31 Å². The minimum atomic E-state index is -3.59. The van der Waals surface area contributed by atoms with Gasteiger partial charge in [0.05, 0.1) is 15.5 Å². The molecule has 3 aromatic rings. The molecule has 0 spiro atoms. The SMILES string of the molecule is Cc1ccc(C2(c3ccccc3Cl)Oc3ccc(S(=O)(=O)N4CCCCC4)cc3O2)cc1. The Kier molecular flexibility index (Phi) is 5.40. The quantitative estimate of drug-likeness (QED) is 0.506. The summed E-state index contributed by atoms with van der Waals surface area (Å²) in [6, 6.07) is 20.0. The van der Waals surface area contributed by atoms with Gasteiger partial charge in [0.2, 0.25) is 10.0 Å². The van der Waals surface area contributed by atoms with Crippen LogP contribution in [0.1, 0.15) is 36.0 Å². The fourth-order valence-electron chi connectivity index (χ4n) is 4.28. The first kappa shape index (κ1) is 21.3. The van der Waals surface area contributed by atoms with Gasteiger partial charge in [0, 0.05) is 24.7 Å². The molecule has 0 bridgehead atoms. The number of hydrogen-bond donors (Lipinski definition) is 0. The average molecular weight is 470 g/mol. The Labute approximate surface area is 193 Å². The number of fused-ring (bicyclic) bond motifs is 1. The third-order valence-electron chi connectivity index (χ3n) is 6.04. The third kappa shape index (κ3) is 3.56. The Bertz CT molecular complexity index is 1250. The number of nitrogens with zero attached hydrogens (tertiary/aromatic N) is 1. The highest BCUT2D eigenvalue weighted by atomic mass is 35.5. The molecule has 1 fully saturated rings. The number of ether oxygens (including phenoxy) is 2. The van der Waals surface area contributed by atoms with Crippen LogP contribution in [0.25, 0.3) is 0 Å².